The summed E-state index contributed by atoms with van der Waals surface area (Å²) in [5, 5.41) is 11.6. The third-order valence-corrected chi connectivity index (χ3v) is 5.08. The van der Waals surface area contributed by atoms with Crippen molar-refractivity contribution in [2.45, 2.75) is 32.5 Å². The quantitative estimate of drug-likeness (QED) is 0.815. The molecule has 2 aliphatic heterocycles. The van der Waals surface area contributed by atoms with Gasteiger partial charge in [0.1, 0.15) is 5.76 Å². The highest BCUT2D eigenvalue weighted by atomic mass is 16.5. The molecule has 2 atom stereocenters. The molecular formula is C17H21N5O3. The van der Waals surface area contributed by atoms with Crippen LogP contribution < -0.4 is 0 Å². The van der Waals surface area contributed by atoms with Crippen molar-refractivity contribution in [3.05, 3.63) is 41.0 Å². The van der Waals surface area contributed by atoms with E-state index < -0.39 is 0 Å². The maximum atomic E-state index is 12.7. The number of aromatic nitrogens is 3. The molecule has 25 heavy (non-hydrogen) atoms. The highest BCUT2D eigenvalue weighted by Crippen LogP contribution is 2.27. The lowest BCUT2D eigenvalue weighted by Crippen LogP contribution is -2.50. The van der Waals surface area contributed by atoms with Gasteiger partial charge in [-0.3, -0.25) is 9.69 Å². The minimum atomic E-state index is -0.0230. The normalized spacial score (nSPS) is 23.7. The molecule has 2 saturated heterocycles. The van der Waals surface area contributed by atoms with Crippen molar-refractivity contribution in [3.8, 4) is 0 Å². The number of ether oxygens (including phenoxy) is 1. The van der Waals surface area contributed by atoms with E-state index in [9.17, 15) is 4.79 Å². The van der Waals surface area contributed by atoms with Crippen molar-refractivity contribution in [2.24, 2.45) is 0 Å². The molecule has 0 spiro atoms. The minimum Gasteiger partial charge on any atom is -0.373 e. The van der Waals surface area contributed by atoms with E-state index >= 15 is 0 Å². The van der Waals surface area contributed by atoms with Crippen LogP contribution >= 0.6 is 0 Å². The highest BCUT2D eigenvalue weighted by Gasteiger charge is 2.42. The number of fused-ring (bicyclic) bond motifs is 1. The van der Waals surface area contributed by atoms with Crippen molar-refractivity contribution in [3.63, 3.8) is 0 Å². The van der Waals surface area contributed by atoms with Gasteiger partial charge in [0.25, 0.3) is 5.91 Å². The zero-order valence-corrected chi connectivity index (χ0v) is 14.4. The summed E-state index contributed by atoms with van der Waals surface area (Å²) in [6.45, 7) is 7.43. The van der Waals surface area contributed by atoms with Crippen LogP contribution in [0.2, 0.25) is 0 Å². The maximum absolute atomic E-state index is 12.7. The Bertz CT molecular complexity index is 743. The third-order valence-electron chi connectivity index (χ3n) is 5.08. The number of hydrogen-bond acceptors (Lipinski definition) is 7. The Morgan fingerprint density at radius 3 is 2.92 bits per heavy atom. The van der Waals surface area contributed by atoms with Crippen LogP contribution in [0.4, 0.5) is 0 Å². The molecule has 2 aromatic rings. The van der Waals surface area contributed by atoms with Gasteiger partial charge in [-0.1, -0.05) is 5.16 Å². The van der Waals surface area contributed by atoms with Gasteiger partial charge in [-0.2, -0.15) is 10.2 Å². The minimum absolute atomic E-state index is 0.0230. The molecule has 0 N–H and O–H groups in total. The van der Waals surface area contributed by atoms with E-state index in [1.807, 2.05) is 18.7 Å². The predicted octanol–water partition coefficient (Wildman–Crippen LogP) is 0.807. The van der Waals surface area contributed by atoms with Gasteiger partial charge in [0.15, 0.2) is 0 Å². The van der Waals surface area contributed by atoms with E-state index in [2.05, 4.69) is 20.3 Å². The molecule has 2 fully saturated rings. The zero-order chi connectivity index (χ0) is 17.4. The van der Waals surface area contributed by atoms with Gasteiger partial charge >= 0.3 is 0 Å². The summed E-state index contributed by atoms with van der Waals surface area (Å²) in [6.07, 6.45) is 3.08. The Balaban J connectivity index is 1.49. The summed E-state index contributed by atoms with van der Waals surface area (Å²) >= 11 is 0. The Hall–Kier alpha value is -2.32. The number of aryl methyl sites for hydroxylation is 2. The van der Waals surface area contributed by atoms with Crippen LogP contribution in [0.3, 0.4) is 0 Å². The summed E-state index contributed by atoms with van der Waals surface area (Å²) < 4.78 is 11.2. The van der Waals surface area contributed by atoms with Gasteiger partial charge in [-0.05, 0) is 19.9 Å². The van der Waals surface area contributed by atoms with Crippen molar-refractivity contribution in [1.82, 2.24) is 25.2 Å². The first kappa shape index (κ1) is 16.2. The number of hydrogen-bond donors (Lipinski definition) is 0. The Kier molecular flexibility index (Phi) is 4.22. The molecule has 4 rings (SSSR count). The monoisotopic (exact) mass is 343 g/mol. The Morgan fingerprint density at radius 2 is 2.20 bits per heavy atom. The fraction of sp³-hybridized carbons (Fsp3) is 0.529. The number of carbonyl (C=O) groups excluding carboxylic acids is 1. The number of rotatable bonds is 3. The molecule has 8 heteroatoms. The van der Waals surface area contributed by atoms with Crippen molar-refractivity contribution < 1.29 is 14.1 Å². The second-order valence-corrected chi connectivity index (χ2v) is 6.59. The summed E-state index contributed by atoms with van der Waals surface area (Å²) in [5.41, 5.74) is 2.61. The van der Waals surface area contributed by atoms with E-state index in [1.165, 1.54) is 12.4 Å². The molecule has 132 valence electrons. The van der Waals surface area contributed by atoms with Crippen LogP contribution in [0, 0.1) is 13.8 Å². The largest absolute Gasteiger partial charge is 0.373 e. The molecule has 4 heterocycles. The summed E-state index contributed by atoms with van der Waals surface area (Å²) in [4.78, 5) is 16.9. The average molecular weight is 343 g/mol. The van der Waals surface area contributed by atoms with Crippen LogP contribution in [0.1, 0.15) is 27.4 Å². The lowest BCUT2D eigenvalue weighted by Gasteiger charge is -2.36. The van der Waals surface area contributed by atoms with Crippen LogP contribution in [-0.4, -0.2) is 69.4 Å². The maximum Gasteiger partial charge on any atom is 0.255 e. The van der Waals surface area contributed by atoms with E-state index in [-0.39, 0.29) is 18.1 Å². The van der Waals surface area contributed by atoms with Crippen molar-refractivity contribution >= 4 is 5.91 Å². The molecule has 2 aromatic heterocycles. The van der Waals surface area contributed by atoms with Gasteiger partial charge in [0.2, 0.25) is 0 Å². The topological polar surface area (TPSA) is 84.6 Å². The van der Waals surface area contributed by atoms with Gasteiger partial charge in [0.05, 0.1) is 42.4 Å². The summed E-state index contributed by atoms with van der Waals surface area (Å²) in [7, 11) is 0. The summed E-state index contributed by atoms with van der Waals surface area (Å²) in [6, 6.07) is 1.88. The second-order valence-electron chi connectivity index (χ2n) is 6.59. The number of morpholine rings is 1. The lowest BCUT2D eigenvalue weighted by atomic mass is 10.1. The number of amides is 1. The van der Waals surface area contributed by atoms with Gasteiger partial charge in [0, 0.05) is 31.7 Å². The number of likely N-dealkylation sites (tertiary alicyclic amines) is 1. The molecule has 0 aromatic carbocycles. The third kappa shape index (κ3) is 3.03. The molecule has 0 bridgehead atoms. The number of nitrogens with zero attached hydrogens (tertiary/aromatic N) is 5. The van der Waals surface area contributed by atoms with Crippen molar-refractivity contribution in [2.75, 3.05) is 26.2 Å². The first-order valence-electron chi connectivity index (χ1n) is 8.47. The van der Waals surface area contributed by atoms with Gasteiger partial charge in [-0.15, -0.1) is 0 Å². The van der Waals surface area contributed by atoms with Gasteiger partial charge in [-0.25, -0.2) is 0 Å². The Labute approximate surface area is 145 Å². The highest BCUT2D eigenvalue weighted by molar-refractivity contribution is 5.94. The van der Waals surface area contributed by atoms with E-state index in [4.69, 9.17) is 9.26 Å². The standard InChI is InChI=1S/C17H21N5O3/c1-11-14(12(2)25-20-11)8-21-5-6-24-16-10-22(9-15(16)21)17(23)13-3-4-18-19-7-13/h3-4,7,15-16H,5-6,8-10H2,1-2H3/t15-,16+/m1/s1. The SMILES string of the molecule is Cc1noc(C)c1CN1CCO[C@H]2CN(C(=O)c3ccnnc3)C[C@H]21. The smallest absolute Gasteiger partial charge is 0.255 e. The second kappa shape index (κ2) is 6.53. The van der Waals surface area contributed by atoms with Crippen LogP contribution in [0.5, 0.6) is 0 Å². The van der Waals surface area contributed by atoms with Crippen molar-refractivity contribution in [1.29, 1.82) is 0 Å². The molecule has 0 unspecified atom stereocenters. The first-order chi connectivity index (χ1) is 12.1. The first-order valence-corrected chi connectivity index (χ1v) is 8.47. The fourth-order valence-corrected chi connectivity index (χ4v) is 3.65. The molecule has 0 radical (unpaired) electrons. The fourth-order valence-electron chi connectivity index (χ4n) is 3.65. The molecule has 0 aliphatic carbocycles. The number of carbonyl (C=O) groups is 1. The molecule has 8 nitrogen and oxygen atoms in total. The molecule has 1 amide bonds. The van der Waals surface area contributed by atoms with Crippen LogP contribution in [-0.2, 0) is 11.3 Å². The zero-order valence-electron chi connectivity index (χ0n) is 14.4. The van der Waals surface area contributed by atoms with E-state index in [1.54, 1.807) is 6.07 Å². The lowest BCUT2D eigenvalue weighted by molar-refractivity contribution is -0.0505. The molecule has 0 saturated carbocycles. The summed E-state index contributed by atoms with van der Waals surface area (Å²) in [5.74, 6) is 0.833. The van der Waals surface area contributed by atoms with Gasteiger partial charge < -0.3 is 14.2 Å². The van der Waals surface area contributed by atoms with Crippen LogP contribution in [0.15, 0.2) is 23.0 Å². The van der Waals surface area contributed by atoms with E-state index in [0.717, 1.165) is 30.1 Å². The molecule has 2 aliphatic rings. The van der Waals surface area contributed by atoms with E-state index in [0.29, 0.717) is 25.3 Å². The molecular weight excluding hydrogens is 322 g/mol. The van der Waals surface area contributed by atoms with Crippen LogP contribution in [0.25, 0.3) is 0 Å². The Morgan fingerprint density at radius 1 is 1.32 bits per heavy atom. The predicted molar refractivity (Wildman–Crippen MR) is 87.9 cm³/mol. The average Bonchev–Trinajstić information content (AvgIpc) is 3.21.